The number of aromatic nitrogens is 3. The lowest BCUT2D eigenvalue weighted by molar-refractivity contribution is 0.397. The van der Waals surface area contributed by atoms with Gasteiger partial charge in [-0.3, -0.25) is 0 Å². The van der Waals surface area contributed by atoms with E-state index in [9.17, 15) is 0 Å². The second-order valence-electron chi connectivity index (χ2n) is 3.01. The lowest BCUT2D eigenvalue weighted by Gasteiger charge is -2.02. The number of nitrogens with two attached hydrogens (primary N) is 1. The normalized spacial score (nSPS) is 10.1. The molecular formula is C9H11N5O2. The van der Waals surface area contributed by atoms with Gasteiger partial charge in [-0.15, -0.1) is 0 Å². The number of hydrogen-bond acceptors (Lipinski definition) is 7. The van der Waals surface area contributed by atoms with Crippen LogP contribution >= 0.6 is 0 Å². The highest BCUT2D eigenvalue weighted by atomic mass is 16.5. The first-order valence-corrected chi connectivity index (χ1v) is 4.59. The van der Waals surface area contributed by atoms with E-state index in [2.05, 4.69) is 20.5 Å². The fourth-order valence-corrected chi connectivity index (χ4v) is 1.12. The van der Waals surface area contributed by atoms with Gasteiger partial charge >= 0.3 is 12.0 Å². The van der Waals surface area contributed by atoms with Crippen molar-refractivity contribution in [3.63, 3.8) is 0 Å². The minimum atomic E-state index is 0.0374. The molecule has 3 N–H and O–H groups in total. The molecule has 0 bridgehead atoms. The third-order valence-electron chi connectivity index (χ3n) is 1.89. The largest absolute Gasteiger partial charge is 0.481 e. The van der Waals surface area contributed by atoms with Gasteiger partial charge in [-0.2, -0.15) is 0 Å². The van der Waals surface area contributed by atoms with Crippen LogP contribution in [0.4, 0.5) is 12.0 Å². The van der Waals surface area contributed by atoms with E-state index in [1.165, 1.54) is 0 Å². The Hall–Kier alpha value is -2.31. The molecule has 2 aromatic rings. The Morgan fingerprint density at radius 3 is 2.88 bits per heavy atom. The number of ether oxygens (including phenoxy) is 1. The molecule has 0 saturated heterocycles. The summed E-state index contributed by atoms with van der Waals surface area (Å²) in [6.45, 7) is 0.526. The lowest BCUT2D eigenvalue weighted by atomic mass is 10.3. The van der Waals surface area contributed by atoms with Crippen LogP contribution in [0.5, 0.6) is 5.88 Å². The molecule has 16 heavy (non-hydrogen) atoms. The Kier molecular flexibility index (Phi) is 2.86. The van der Waals surface area contributed by atoms with Gasteiger partial charge in [0.2, 0.25) is 5.88 Å². The molecular weight excluding hydrogens is 210 g/mol. The highest BCUT2D eigenvalue weighted by Crippen LogP contribution is 2.10. The quantitative estimate of drug-likeness (QED) is 0.782. The first-order valence-electron chi connectivity index (χ1n) is 4.59. The highest BCUT2D eigenvalue weighted by Gasteiger charge is 2.02. The highest BCUT2D eigenvalue weighted by molar-refractivity contribution is 5.26. The average Bonchev–Trinajstić information content (AvgIpc) is 2.73. The molecule has 0 atom stereocenters. The van der Waals surface area contributed by atoms with Crippen LogP contribution in [0.25, 0.3) is 0 Å². The van der Waals surface area contributed by atoms with Crippen molar-refractivity contribution in [2.24, 2.45) is 0 Å². The number of methoxy groups -OCH3 is 1. The van der Waals surface area contributed by atoms with Crippen molar-refractivity contribution in [2.75, 3.05) is 18.2 Å². The van der Waals surface area contributed by atoms with Gasteiger partial charge in [-0.1, -0.05) is 16.3 Å². The molecule has 0 unspecified atom stereocenters. The Morgan fingerprint density at radius 1 is 1.44 bits per heavy atom. The molecule has 0 amide bonds. The third kappa shape index (κ3) is 2.38. The van der Waals surface area contributed by atoms with Gasteiger partial charge in [0, 0.05) is 18.8 Å². The molecule has 7 nitrogen and oxygen atoms in total. The fraction of sp³-hybridized carbons (Fsp3) is 0.222. The molecule has 7 heteroatoms. The van der Waals surface area contributed by atoms with Crippen LogP contribution in [0.2, 0.25) is 0 Å². The smallest absolute Gasteiger partial charge is 0.317 e. The van der Waals surface area contributed by atoms with E-state index in [0.717, 1.165) is 5.56 Å². The minimum absolute atomic E-state index is 0.0374. The van der Waals surface area contributed by atoms with Gasteiger partial charge in [0.15, 0.2) is 0 Å². The number of nitrogens with one attached hydrogen (secondary N) is 1. The zero-order valence-corrected chi connectivity index (χ0v) is 8.67. The van der Waals surface area contributed by atoms with Gasteiger partial charge in [0.05, 0.1) is 7.11 Å². The van der Waals surface area contributed by atoms with Crippen LogP contribution in [-0.4, -0.2) is 22.3 Å². The Morgan fingerprint density at radius 2 is 2.31 bits per heavy atom. The summed E-state index contributed by atoms with van der Waals surface area (Å²) < 4.78 is 9.90. The van der Waals surface area contributed by atoms with E-state index in [-0.39, 0.29) is 12.0 Å². The van der Waals surface area contributed by atoms with Crippen LogP contribution in [0.1, 0.15) is 5.56 Å². The SMILES string of the molecule is COc1ccc(CNc2nnc(N)o2)cn1. The van der Waals surface area contributed by atoms with Crippen molar-refractivity contribution in [3.8, 4) is 5.88 Å². The van der Waals surface area contributed by atoms with Crippen molar-refractivity contribution < 1.29 is 9.15 Å². The summed E-state index contributed by atoms with van der Waals surface area (Å²) in [6.07, 6.45) is 1.70. The Labute approximate surface area is 91.6 Å². The molecule has 2 heterocycles. The number of nitrogens with zero attached hydrogens (tertiary/aromatic N) is 3. The van der Waals surface area contributed by atoms with Gasteiger partial charge in [-0.05, 0) is 5.56 Å². The maximum absolute atomic E-state index is 5.28. The first-order chi connectivity index (χ1) is 7.78. The van der Waals surface area contributed by atoms with Gasteiger partial charge in [0.25, 0.3) is 0 Å². The molecule has 2 aromatic heterocycles. The number of rotatable bonds is 4. The van der Waals surface area contributed by atoms with Crippen LogP contribution in [0.15, 0.2) is 22.7 Å². The van der Waals surface area contributed by atoms with Crippen molar-refractivity contribution in [2.45, 2.75) is 6.54 Å². The minimum Gasteiger partial charge on any atom is -0.481 e. The molecule has 0 radical (unpaired) electrons. The summed E-state index contributed by atoms with van der Waals surface area (Å²) in [6, 6.07) is 3.99. The zero-order chi connectivity index (χ0) is 11.4. The number of pyridine rings is 1. The lowest BCUT2D eigenvalue weighted by Crippen LogP contribution is -2.00. The van der Waals surface area contributed by atoms with Crippen molar-refractivity contribution in [1.82, 2.24) is 15.2 Å². The van der Waals surface area contributed by atoms with Gasteiger partial charge < -0.3 is 20.2 Å². The maximum atomic E-state index is 5.28. The molecule has 0 aliphatic carbocycles. The third-order valence-corrected chi connectivity index (χ3v) is 1.89. The Balaban J connectivity index is 1.94. The molecule has 84 valence electrons. The summed E-state index contributed by atoms with van der Waals surface area (Å²) in [4.78, 5) is 4.06. The molecule has 0 spiro atoms. The van der Waals surface area contributed by atoms with Crippen LogP contribution in [0.3, 0.4) is 0 Å². The molecule has 0 aliphatic heterocycles. The maximum Gasteiger partial charge on any atom is 0.317 e. The Bertz CT molecular complexity index is 453. The van der Waals surface area contributed by atoms with E-state index < -0.39 is 0 Å². The average molecular weight is 221 g/mol. The second kappa shape index (κ2) is 4.47. The van der Waals surface area contributed by atoms with E-state index >= 15 is 0 Å². The van der Waals surface area contributed by atoms with E-state index in [0.29, 0.717) is 12.4 Å². The number of anilines is 2. The summed E-state index contributed by atoms with van der Waals surface area (Å²) in [5.41, 5.74) is 6.25. The van der Waals surface area contributed by atoms with Crippen LogP contribution in [0, 0.1) is 0 Å². The zero-order valence-electron chi connectivity index (χ0n) is 8.67. The van der Waals surface area contributed by atoms with Crippen LogP contribution < -0.4 is 15.8 Å². The standard InChI is InChI=1S/C9H11N5O2/c1-15-7-3-2-6(4-11-7)5-12-9-14-13-8(10)16-9/h2-4H,5H2,1H3,(H2,10,13)(H,12,14). The molecule has 2 rings (SSSR count). The number of hydrogen-bond donors (Lipinski definition) is 2. The molecule has 0 aliphatic rings. The molecule has 0 aromatic carbocycles. The van der Waals surface area contributed by atoms with E-state index in [1.54, 1.807) is 19.4 Å². The fourth-order valence-electron chi connectivity index (χ4n) is 1.12. The van der Waals surface area contributed by atoms with E-state index in [1.807, 2.05) is 6.07 Å². The van der Waals surface area contributed by atoms with Gasteiger partial charge in [-0.25, -0.2) is 4.98 Å². The van der Waals surface area contributed by atoms with Gasteiger partial charge in [0.1, 0.15) is 0 Å². The monoisotopic (exact) mass is 221 g/mol. The summed E-state index contributed by atoms with van der Waals surface area (Å²) in [7, 11) is 1.57. The topological polar surface area (TPSA) is 99.1 Å². The molecule has 0 saturated carbocycles. The summed E-state index contributed by atoms with van der Waals surface area (Å²) >= 11 is 0. The predicted molar refractivity (Wildman–Crippen MR) is 56.8 cm³/mol. The number of nitrogen functional groups attached to an aromatic ring is 1. The van der Waals surface area contributed by atoms with Crippen LogP contribution in [-0.2, 0) is 6.54 Å². The molecule has 0 fully saturated rings. The van der Waals surface area contributed by atoms with E-state index in [4.69, 9.17) is 14.9 Å². The first kappa shape index (κ1) is 10.2. The van der Waals surface area contributed by atoms with Crippen molar-refractivity contribution >= 4 is 12.0 Å². The second-order valence-corrected chi connectivity index (χ2v) is 3.01. The summed E-state index contributed by atoms with van der Waals surface area (Å²) in [5, 5.41) is 10.1. The predicted octanol–water partition coefficient (Wildman–Crippen LogP) is 0.667. The summed E-state index contributed by atoms with van der Waals surface area (Å²) in [5.74, 6) is 0.575. The van der Waals surface area contributed by atoms with Crippen molar-refractivity contribution in [3.05, 3.63) is 23.9 Å². The van der Waals surface area contributed by atoms with Crippen molar-refractivity contribution in [1.29, 1.82) is 0 Å².